The van der Waals surface area contributed by atoms with Gasteiger partial charge in [0.15, 0.2) is 0 Å². The lowest BCUT2D eigenvalue weighted by atomic mass is 9.96. The standard InChI is InChI=1S/C20H27N3O5S/c1-3-27-18(24)13-7-5-9-23(11-13)12-14-16(19(25)28-4-2)17(22-20(26)21-14)15-8-6-10-29-15/h6,8,10,13,17H,3-5,7,9,11-12H2,1-2H3,(H2,21,22,26)/t13-,17+/m1/s1. The number of nitrogens with one attached hydrogen (secondary N) is 2. The van der Waals surface area contributed by atoms with Crippen molar-refractivity contribution >= 4 is 29.3 Å². The van der Waals surface area contributed by atoms with Gasteiger partial charge < -0.3 is 20.1 Å². The van der Waals surface area contributed by atoms with Crippen LogP contribution in [0.15, 0.2) is 28.8 Å². The molecule has 29 heavy (non-hydrogen) atoms. The number of carbonyl (C=O) groups excluding carboxylic acids is 3. The van der Waals surface area contributed by atoms with Crippen molar-refractivity contribution in [3.8, 4) is 0 Å². The molecule has 9 heteroatoms. The van der Waals surface area contributed by atoms with Crippen LogP contribution >= 0.6 is 11.3 Å². The molecule has 1 fully saturated rings. The number of amides is 2. The van der Waals surface area contributed by atoms with Crippen molar-refractivity contribution in [3.63, 3.8) is 0 Å². The number of ether oxygens (including phenoxy) is 2. The average molecular weight is 422 g/mol. The van der Waals surface area contributed by atoms with Crippen molar-refractivity contribution in [3.05, 3.63) is 33.7 Å². The van der Waals surface area contributed by atoms with Gasteiger partial charge in [0.25, 0.3) is 0 Å². The van der Waals surface area contributed by atoms with Crippen LogP contribution in [-0.2, 0) is 19.1 Å². The molecule has 0 bridgehead atoms. The van der Waals surface area contributed by atoms with Crippen LogP contribution in [0.1, 0.15) is 37.6 Å². The van der Waals surface area contributed by atoms with Crippen molar-refractivity contribution in [2.75, 3.05) is 32.8 Å². The minimum Gasteiger partial charge on any atom is -0.466 e. The first-order valence-corrected chi connectivity index (χ1v) is 10.8. The third-order valence-electron chi connectivity index (χ3n) is 4.98. The number of piperidine rings is 1. The topological polar surface area (TPSA) is 97.0 Å². The second kappa shape index (κ2) is 9.89. The number of carbonyl (C=O) groups is 3. The normalized spacial score (nSPS) is 22.6. The summed E-state index contributed by atoms with van der Waals surface area (Å²) in [6.45, 7) is 5.83. The molecule has 0 aromatic carbocycles. The molecule has 0 saturated carbocycles. The predicted octanol–water partition coefficient (Wildman–Crippen LogP) is 2.19. The fourth-order valence-electron chi connectivity index (χ4n) is 3.74. The molecule has 3 rings (SSSR count). The van der Waals surface area contributed by atoms with Crippen LogP contribution in [-0.4, -0.2) is 55.7 Å². The minimum absolute atomic E-state index is 0.192. The van der Waals surface area contributed by atoms with E-state index in [0.29, 0.717) is 31.0 Å². The number of hydrogen-bond acceptors (Lipinski definition) is 7. The highest BCUT2D eigenvalue weighted by molar-refractivity contribution is 7.10. The molecule has 8 nitrogen and oxygen atoms in total. The second-order valence-corrected chi connectivity index (χ2v) is 7.97. The third kappa shape index (κ3) is 5.16. The Morgan fingerprint density at radius 2 is 2.07 bits per heavy atom. The van der Waals surface area contributed by atoms with Crippen LogP contribution in [0.2, 0.25) is 0 Å². The average Bonchev–Trinajstić information content (AvgIpc) is 3.23. The van der Waals surface area contributed by atoms with Gasteiger partial charge in [-0.05, 0) is 44.7 Å². The van der Waals surface area contributed by atoms with E-state index in [1.807, 2.05) is 17.5 Å². The first-order valence-electron chi connectivity index (χ1n) is 9.93. The van der Waals surface area contributed by atoms with Gasteiger partial charge >= 0.3 is 18.0 Å². The largest absolute Gasteiger partial charge is 0.466 e. The van der Waals surface area contributed by atoms with Gasteiger partial charge in [0.1, 0.15) is 0 Å². The molecule has 0 radical (unpaired) electrons. The molecule has 1 saturated heterocycles. The van der Waals surface area contributed by atoms with Crippen LogP contribution in [0.5, 0.6) is 0 Å². The summed E-state index contributed by atoms with van der Waals surface area (Å²) >= 11 is 1.47. The van der Waals surface area contributed by atoms with Gasteiger partial charge in [0.2, 0.25) is 0 Å². The molecular formula is C20H27N3O5S. The Bertz CT molecular complexity index is 777. The number of thiophene rings is 1. The van der Waals surface area contributed by atoms with E-state index in [0.717, 1.165) is 24.3 Å². The first kappa shape index (κ1) is 21.3. The number of nitrogens with zero attached hydrogens (tertiary/aromatic N) is 1. The molecule has 2 aliphatic heterocycles. The summed E-state index contributed by atoms with van der Waals surface area (Å²) in [4.78, 5) is 40.2. The van der Waals surface area contributed by atoms with Crippen LogP contribution in [0.3, 0.4) is 0 Å². The zero-order chi connectivity index (χ0) is 20.8. The van der Waals surface area contributed by atoms with Crippen molar-refractivity contribution in [1.29, 1.82) is 0 Å². The summed E-state index contributed by atoms with van der Waals surface area (Å²) in [6, 6.07) is 2.86. The molecule has 2 amide bonds. The summed E-state index contributed by atoms with van der Waals surface area (Å²) in [5, 5.41) is 7.52. The highest BCUT2D eigenvalue weighted by atomic mass is 32.1. The van der Waals surface area contributed by atoms with E-state index in [1.165, 1.54) is 11.3 Å². The molecule has 2 aliphatic rings. The number of urea groups is 1. The van der Waals surface area contributed by atoms with E-state index >= 15 is 0 Å². The molecule has 0 unspecified atom stereocenters. The maximum atomic E-state index is 12.8. The predicted molar refractivity (Wildman–Crippen MR) is 108 cm³/mol. The van der Waals surface area contributed by atoms with Crippen molar-refractivity contribution in [2.45, 2.75) is 32.7 Å². The van der Waals surface area contributed by atoms with Crippen molar-refractivity contribution in [1.82, 2.24) is 15.5 Å². The zero-order valence-electron chi connectivity index (χ0n) is 16.7. The fraction of sp³-hybridized carbons (Fsp3) is 0.550. The van der Waals surface area contributed by atoms with Gasteiger partial charge in [0.05, 0.1) is 30.7 Å². The molecule has 0 aliphatic carbocycles. The van der Waals surface area contributed by atoms with Gasteiger partial charge in [-0.3, -0.25) is 9.69 Å². The van der Waals surface area contributed by atoms with Gasteiger partial charge in [-0.2, -0.15) is 0 Å². The zero-order valence-corrected chi connectivity index (χ0v) is 17.5. The molecule has 3 heterocycles. The Hall–Kier alpha value is -2.39. The minimum atomic E-state index is -0.552. The Kier molecular flexibility index (Phi) is 7.27. The van der Waals surface area contributed by atoms with E-state index in [-0.39, 0.29) is 24.5 Å². The SMILES string of the molecule is CCOC(=O)C1=C(CN2CCC[C@@H](C(=O)OCC)C2)NC(=O)N[C@H]1c1cccs1. The number of likely N-dealkylation sites (tertiary alicyclic amines) is 1. The molecule has 1 aromatic rings. The molecular weight excluding hydrogens is 394 g/mol. The Labute approximate surface area is 174 Å². The molecule has 0 spiro atoms. The number of rotatable bonds is 7. The van der Waals surface area contributed by atoms with Crippen LogP contribution in [0.4, 0.5) is 4.79 Å². The van der Waals surface area contributed by atoms with E-state index < -0.39 is 12.0 Å². The van der Waals surface area contributed by atoms with Crippen molar-refractivity contribution < 1.29 is 23.9 Å². The fourth-order valence-corrected chi connectivity index (χ4v) is 4.52. The Morgan fingerprint density at radius 1 is 1.28 bits per heavy atom. The van der Waals surface area contributed by atoms with E-state index in [4.69, 9.17) is 9.47 Å². The smallest absolute Gasteiger partial charge is 0.338 e. The molecule has 158 valence electrons. The molecule has 2 N–H and O–H groups in total. The van der Waals surface area contributed by atoms with E-state index in [9.17, 15) is 14.4 Å². The van der Waals surface area contributed by atoms with Crippen LogP contribution in [0, 0.1) is 5.92 Å². The Balaban J connectivity index is 1.86. The Morgan fingerprint density at radius 3 is 2.76 bits per heavy atom. The summed E-state index contributed by atoms with van der Waals surface area (Å²) in [5.41, 5.74) is 0.933. The lowest BCUT2D eigenvalue weighted by Crippen LogP contribution is -2.49. The van der Waals surface area contributed by atoms with Gasteiger partial charge in [-0.1, -0.05) is 6.07 Å². The third-order valence-corrected chi connectivity index (χ3v) is 5.92. The van der Waals surface area contributed by atoms with Crippen LogP contribution < -0.4 is 10.6 Å². The van der Waals surface area contributed by atoms with Gasteiger partial charge in [-0.25, -0.2) is 9.59 Å². The van der Waals surface area contributed by atoms with Crippen molar-refractivity contribution in [2.24, 2.45) is 5.92 Å². The number of hydrogen-bond donors (Lipinski definition) is 2. The van der Waals surface area contributed by atoms with E-state index in [1.54, 1.807) is 13.8 Å². The summed E-state index contributed by atoms with van der Waals surface area (Å²) in [7, 11) is 0. The molecule has 2 atom stereocenters. The molecule has 1 aromatic heterocycles. The first-order chi connectivity index (χ1) is 14.0. The highest BCUT2D eigenvalue weighted by Gasteiger charge is 2.36. The maximum absolute atomic E-state index is 12.8. The maximum Gasteiger partial charge on any atom is 0.338 e. The highest BCUT2D eigenvalue weighted by Crippen LogP contribution is 2.31. The van der Waals surface area contributed by atoms with Gasteiger partial charge in [-0.15, -0.1) is 11.3 Å². The van der Waals surface area contributed by atoms with E-state index in [2.05, 4.69) is 15.5 Å². The van der Waals surface area contributed by atoms with Crippen LogP contribution in [0.25, 0.3) is 0 Å². The lowest BCUT2D eigenvalue weighted by molar-refractivity contribution is -0.150. The second-order valence-electron chi connectivity index (χ2n) is 6.99. The summed E-state index contributed by atoms with van der Waals surface area (Å²) in [6.07, 6.45) is 1.64. The summed E-state index contributed by atoms with van der Waals surface area (Å²) in [5.74, 6) is -0.837. The quantitative estimate of drug-likeness (QED) is 0.655. The number of esters is 2. The lowest BCUT2D eigenvalue weighted by Gasteiger charge is -2.35. The summed E-state index contributed by atoms with van der Waals surface area (Å²) < 4.78 is 10.4. The monoisotopic (exact) mass is 421 g/mol. The van der Waals surface area contributed by atoms with Gasteiger partial charge in [0, 0.05) is 23.7 Å².